The van der Waals surface area contributed by atoms with Crippen LogP contribution in [0.3, 0.4) is 0 Å². The molecule has 1 aliphatic carbocycles. The molecule has 0 radical (unpaired) electrons. The van der Waals surface area contributed by atoms with Crippen molar-refractivity contribution in [2.75, 3.05) is 0 Å². The summed E-state index contributed by atoms with van der Waals surface area (Å²) in [7, 11) is 0. The second kappa shape index (κ2) is 4.94. The van der Waals surface area contributed by atoms with Crippen LogP contribution in [-0.4, -0.2) is 15.1 Å². The molecule has 0 aromatic carbocycles. The largest absolute Gasteiger partial charge is 0.436 e. The third-order valence-corrected chi connectivity index (χ3v) is 3.46. The first kappa shape index (κ1) is 14.0. The molecular weight excluding hydrogens is 268 g/mol. The quantitative estimate of drug-likeness (QED) is 0.911. The number of nitrogens with two attached hydrogens (primary N) is 1. The van der Waals surface area contributed by atoms with Gasteiger partial charge in [-0.25, -0.2) is 4.98 Å². The SMILES string of the molecule is Cc1nc(C)c(-c2nc(C3(N)CCCC3)no2)o1.Cl. The van der Waals surface area contributed by atoms with E-state index >= 15 is 0 Å². The Morgan fingerprint density at radius 3 is 2.42 bits per heavy atom. The molecule has 1 saturated carbocycles. The van der Waals surface area contributed by atoms with Crippen LogP contribution in [0.4, 0.5) is 0 Å². The summed E-state index contributed by atoms with van der Waals surface area (Å²) in [5.41, 5.74) is 6.59. The molecule has 0 spiro atoms. The predicted molar refractivity (Wildman–Crippen MR) is 70.9 cm³/mol. The zero-order valence-corrected chi connectivity index (χ0v) is 11.8. The molecule has 0 amide bonds. The van der Waals surface area contributed by atoms with Gasteiger partial charge in [0.25, 0.3) is 5.89 Å². The minimum Gasteiger partial charge on any atom is -0.436 e. The van der Waals surface area contributed by atoms with E-state index in [1.165, 1.54) is 0 Å². The van der Waals surface area contributed by atoms with E-state index in [2.05, 4.69) is 15.1 Å². The third-order valence-electron chi connectivity index (χ3n) is 3.46. The number of nitrogens with zero attached hydrogens (tertiary/aromatic N) is 3. The van der Waals surface area contributed by atoms with Gasteiger partial charge in [0, 0.05) is 6.92 Å². The van der Waals surface area contributed by atoms with Crippen molar-refractivity contribution in [1.82, 2.24) is 15.1 Å². The summed E-state index contributed by atoms with van der Waals surface area (Å²) in [5.74, 6) is 2.06. The molecule has 3 rings (SSSR count). The van der Waals surface area contributed by atoms with E-state index in [4.69, 9.17) is 14.7 Å². The van der Waals surface area contributed by atoms with Gasteiger partial charge in [-0.15, -0.1) is 12.4 Å². The van der Waals surface area contributed by atoms with Crippen LogP contribution < -0.4 is 5.73 Å². The Hall–Kier alpha value is -1.40. The van der Waals surface area contributed by atoms with Crippen LogP contribution in [0.2, 0.25) is 0 Å². The second-order valence-electron chi connectivity index (χ2n) is 4.93. The van der Waals surface area contributed by atoms with E-state index in [0.29, 0.717) is 23.4 Å². The minimum absolute atomic E-state index is 0. The van der Waals surface area contributed by atoms with Crippen molar-refractivity contribution >= 4 is 12.4 Å². The lowest BCUT2D eigenvalue weighted by Gasteiger charge is -2.17. The van der Waals surface area contributed by atoms with Crippen molar-refractivity contribution in [2.24, 2.45) is 5.73 Å². The van der Waals surface area contributed by atoms with Gasteiger partial charge in [0.05, 0.1) is 11.2 Å². The standard InChI is InChI=1S/C12H16N4O2.ClH/c1-7-9(17-8(2)14-7)10-15-11(16-18-10)12(13)5-3-4-6-12;/h3-6,13H2,1-2H3;1H. The highest BCUT2D eigenvalue weighted by molar-refractivity contribution is 5.85. The maximum atomic E-state index is 6.28. The average molecular weight is 285 g/mol. The molecule has 1 fully saturated rings. The van der Waals surface area contributed by atoms with Crippen molar-refractivity contribution < 1.29 is 8.94 Å². The van der Waals surface area contributed by atoms with Gasteiger partial charge >= 0.3 is 0 Å². The molecule has 104 valence electrons. The summed E-state index contributed by atoms with van der Waals surface area (Å²) in [6.07, 6.45) is 4.03. The van der Waals surface area contributed by atoms with Gasteiger partial charge in [0.2, 0.25) is 5.76 Å². The molecule has 19 heavy (non-hydrogen) atoms. The van der Waals surface area contributed by atoms with Gasteiger partial charge < -0.3 is 14.7 Å². The van der Waals surface area contributed by atoms with Crippen molar-refractivity contribution in [3.8, 4) is 11.7 Å². The van der Waals surface area contributed by atoms with Gasteiger partial charge in [-0.1, -0.05) is 18.0 Å². The van der Waals surface area contributed by atoms with Gasteiger partial charge in [-0.05, 0) is 19.8 Å². The van der Waals surface area contributed by atoms with E-state index in [0.717, 1.165) is 31.4 Å². The molecular formula is C12H17ClN4O2. The zero-order valence-electron chi connectivity index (χ0n) is 11.0. The Kier molecular flexibility index (Phi) is 3.64. The number of halogens is 1. The molecule has 0 unspecified atom stereocenters. The van der Waals surface area contributed by atoms with Crippen LogP contribution in [0.25, 0.3) is 11.7 Å². The number of hydrogen-bond acceptors (Lipinski definition) is 6. The molecule has 0 saturated heterocycles. The monoisotopic (exact) mass is 284 g/mol. The fraction of sp³-hybridized carbons (Fsp3) is 0.583. The van der Waals surface area contributed by atoms with Gasteiger partial charge in [0.1, 0.15) is 0 Å². The molecule has 0 atom stereocenters. The van der Waals surface area contributed by atoms with Crippen molar-refractivity contribution in [3.05, 3.63) is 17.4 Å². The number of aromatic nitrogens is 3. The summed E-state index contributed by atoms with van der Waals surface area (Å²) in [6, 6.07) is 0. The Morgan fingerprint density at radius 1 is 1.16 bits per heavy atom. The van der Waals surface area contributed by atoms with E-state index in [1.807, 2.05) is 6.92 Å². The highest BCUT2D eigenvalue weighted by atomic mass is 35.5. The molecule has 7 heteroatoms. The topological polar surface area (TPSA) is 91.0 Å². The highest BCUT2D eigenvalue weighted by Crippen LogP contribution is 2.35. The first-order valence-electron chi connectivity index (χ1n) is 6.16. The maximum Gasteiger partial charge on any atom is 0.295 e. The highest BCUT2D eigenvalue weighted by Gasteiger charge is 2.36. The Morgan fingerprint density at radius 2 is 1.84 bits per heavy atom. The Balaban J connectivity index is 0.00000133. The molecule has 1 aliphatic rings. The van der Waals surface area contributed by atoms with Gasteiger partial charge in [0.15, 0.2) is 11.7 Å². The zero-order chi connectivity index (χ0) is 12.8. The molecule has 0 bridgehead atoms. The average Bonchev–Trinajstić information content (AvgIpc) is 2.99. The van der Waals surface area contributed by atoms with E-state index < -0.39 is 5.54 Å². The lowest BCUT2D eigenvalue weighted by Crippen LogP contribution is -2.34. The first-order valence-corrected chi connectivity index (χ1v) is 6.16. The molecule has 0 aliphatic heterocycles. The van der Waals surface area contributed by atoms with Crippen LogP contribution in [0.15, 0.2) is 8.94 Å². The minimum atomic E-state index is -0.440. The lowest BCUT2D eigenvalue weighted by molar-refractivity contribution is 0.367. The molecule has 2 aromatic heterocycles. The van der Waals surface area contributed by atoms with E-state index in [9.17, 15) is 0 Å². The number of oxazole rings is 1. The molecule has 2 aromatic rings. The Labute approximate surface area is 117 Å². The van der Waals surface area contributed by atoms with Crippen molar-refractivity contribution in [1.29, 1.82) is 0 Å². The smallest absolute Gasteiger partial charge is 0.295 e. The summed E-state index contributed by atoms with van der Waals surface area (Å²) < 4.78 is 10.7. The summed E-state index contributed by atoms with van der Waals surface area (Å²) in [5, 5.41) is 4.00. The van der Waals surface area contributed by atoms with Crippen LogP contribution in [0, 0.1) is 13.8 Å². The van der Waals surface area contributed by atoms with Crippen molar-refractivity contribution in [2.45, 2.75) is 45.1 Å². The molecule has 2 N–H and O–H groups in total. The van der Waals surface area contributed by atoms with Gasteiger partial charge in [-0.3, -0.25) is 0 Å². The summed E-state index contributed by atoms with van der Waals surface area (Å²) in [6.45, 7) is 3.64. The fourth-order valence-corrected chi connectivity index (χ4v) is 2.48. The van der Waals surface area contributed by atoms with Crippen LogP contribution >= 0.6 is 12.4 Å². The summed E-state index contributed by atoms with van der Waals surface area (Å²) in [4.78, 5) is 8.56. The third kappa shape index (κ3) is 2.37. The fourth-order valence-electron chi connectivity index (χ4n) is 2.48. The van der Waals surface area contributed by atoms with Crippen LogP contribution in [-0.2, 0) is 5.54 Å². The van der Waals surface area contributed by atoms with Crippen LogP contribution in [0.5, 0.6) is 0 Å². The second-order valence-corrected chi connectivity index (χ2v) is 4.93. The molecule has 6 nitrogen and oxygen atoms in total. The predicted octanol–water partition coefficient (Wildman–Crippen LogP) is 2.49. The van der Waals surface area contributed by atoms with E-state index in [1.54, 1.807) is 6.92 Å². The number of rotatable bonds is 2. The normalized spacial score (nSPS) is 17.4. The number of hydrogen-bond donors (Lipinski definition) is 1. The van der Waals surface area contributed by atoms with E-state index in [-0.39, 0.29) is 12.4 Å². The maximum absolute atomic E-state index is 6.28. The summed E-state index contributed by atoms with van der Waals surface area (Å²) >= 11 is 0. The lowest BCUT2D eigenvalue weighted by atomic mass is 9.99. The molecule has 2 heterocycles. The first-order chi connectivity index (χ1) is 8.58. The number of aryl methyl sites for hydroxylation is 2. The Bertz CT molecular complexity index is 572. The van der Waals surface area contributed by atoms with Crippen LogP contribution in [0.1, 0.15) is 43.1 Å². The van der Waals surface area contributed by atoms with Crippen molar-refractivity contribution in [3.63, 3.8) is 0 Å². The van der Waals surface area contributed by atoms with Gasteiger partial charge in [-0.2, -0.15) is 4.98 Å².